The van der Waals surface area contributed by atoms with E-state index in [1.165, 1.54) is 15.3 Å². The van der Waals surface area contributed by atoms with E-state index in [0.717, 1.165) is 12.0 Å². The molecule has 182 valence electrons. The number of rotatable bonds is 9. The van der Waals surface area contributed by atoms with Crippen LogP contribution in [0.5, 0.6) is 5.88 Å². The fourth-order valence-electron chi connectivity index (χ4n) is 3.73. The summed E-state index contributed by atoms with van der Waals surface area (Å²) < 4.78 is 8.27. The highest BCUT2D eigenvalue weighted by Crippen LogP contribution is 2.20. The molecule has 0 bridgehead atoms. The number of hydrogen-bond acceptors (Lipinski definition) is 6. The van der Waals surface area contributed by atoms with Crippen molar-refractivity contribution in [2.45, 2.75) is 46.7 Å². The molecule has 0 aliphatic rings. The van der Waals surface area contributed by atoms with Gasteiger partial charge in [-0.2, -0.15) is 0 Å². The molecule has 4 aromatic rings. The molecular formula is C25H28N6O4. The number of nitrogens with one attached hydrogen (secondary N) is 2. The minimum Gasteiger partial charge on any atom is -0.468 e. The Hall–Kier alpha value is -4.21. The maximum absolute atomic E-state index is 12.9. The van der Waals surface area contributed by atoms with Crippen molar-refractivity contribution < 1.29 is 9.53 Å². The number of carbonyl (C=O) groups is 1. The van der Waals surface area contributed by atoms with Crippen molar-refractivity contribution in [2.75, 3.05) is 11.9 Å². The number of aryl methyl sites for hydroxylation is 2. The first-order valence-electron chi connectivity index (χ1n) is 11.6. The first kappa shape index (κ1) is 23.9. The molecule has 35 heavy (non-hydrogen) atoms. The number of H-pyrrole nitrogens is 1. The van der Waals surface area contributed by atoms with E-state index in [2.05, 4.69) is 20.3 Å². The molecule has 0 saturated carbocycles. The molecule has 1 aromatic carbocycles. The summed E-state index contributed by atoms with van der Waals surface area (Å²) in [5.74, 6) is 0.401. The molecule has 4 rings (SSSR count). The molecule has 0 aliphatic heterocycles. The molecule has 3 aromatic heterocycles. The zero-order valence-corrected chi connectivity index (χ0v) is 20.0. The Morgan fingerprint density at radius 1 is 1.03 bits per heavy atom. The largest absolute Gasteiger partial charge is 0.468 e. The molecule has 0 atom stereocenters. The summed E-state index contributed by atoms with van der Waals surface area (Å²) in [7, 11) is 0. The normalized spacial score (nSPS) is 11.1. The summed E-state index contributed by atoms with van der Waals surface area (Å²) in [5.41, 5.74) is 2.30. The number of aromatic amines is 1. The van der Waals surface area contributed by atoms with Crippen LogP contribution < -0.4 is 21.3 Å². The Balaban J connectivity index is 1.52. The SMILES string of the molecule is CCCn1c(=O)c2[nH]c(-c3ccc(OCC(=O)Nc4ccc(C)cc4)nc3)nc2n(CCC)c1=O. The molecule has 1 amide bonds. The average molecular weight is 477 g/mol. The van der Waals surface area contributed by atoms with E-state index >= 15 is 0 Å². The van der Waals surface area contributed by atoms with Crippen LogP contribution in [-0.2, 0) is 17.9 Å². The third-order valence-corrected chi connectivity index (χ3v) is 5.45. The van der Waals surface area contributed by atoms with Crippen LogP contribution in [0.3, 0.4) is 0 Å². The van der Waals surface area contributed by atoms with Gasteiger partial charge in [-0.25, -0.2) is 14.8 Å². The van der Waals surface area contributed by atoms with Crippen molar-refractivity contribution in [1.82, 2.24) is 24.1 Å². The summed E-state index contributed by atoms with van der Waals surface area (Å²) >= 11 is 0. The van der Waals surface area contributed by atoms with Crippen LogP contribution in [0.25, 0.3) is 22.6 Å². The molecule has 2 N–H and O–H groups in total. The molecule has 0 aliphatic carbocycles. The fourth-order valence-corrected chi connectivity index (χ4v) is 3.73. The smallest absolute Gasteiger partial charge is 0.332 e. The number of ether oxygens (including phenoxy) is 1. The number of fused-ring (bicyclic) bond motifs is 1. The lowest BCUT2D eigenvalue weighted by Gasteiger charge is -2.09. The highest BCUT2D eigenvalue weighted by molar-refractivity contribution is 5.91. The number of benzene rings is 1. The van der Waals surface area contributed by atoms with Gasteiger partial charge in [-0.3, -0.25) is 18.7 Å². The average Bonchev–Trinajstić information content (AvgIpc) is 3.30. The predicted octanol–water partition coefficient (Wildman–Crippen LogP) is 3.09. The summed E-state index contributed by atoms with van der Waals surface area (Å²) in [5, 5.41) is 2.76. The Morgan fingerprint density at radius 3 is 2.40 bits per heavy atom. The van der Waals surface area contributed by atoms with Gasteiger partial charge in [0, 0.05) is 36.6 Å². The molecule has 10 nitrogen and oxygen atoms in total. The lowest BCUT2D eigenvalue weighted by molar-refractivity contribution is -0.118. The van der Waals surface area contributed by atoms with Crippen LogP contribution in [-0.4, -0.2) is 36.6 Å². The maximum Gasteiger partial charge on any atom is 0.332 e. The number of amides is 1. The summed E-state index contributed by atoms with van der Waals surface area (Å²) in [4.78, 5) is 49.7. The third-order valence-electron chi connectivity index (χ3n) is 5.45. The topological polar surface area (TPSA) is 124 Å². The number of hydrogen-bond donors (Lipinski definition) is 2. The van der Waals surface area contributed by atoms with E-state index in [4.69, 9.17) is 4.74 Å². The third kappa shape index (κ3) is 5.16. The Labute approximate surface area is 201 Å². The van der Waals surface area contributed by atoms with Crippen LogP contribution in [0.1, 0.15) is 32.3 Å². The number of pyridine rings is 1. The van der Waals surface area contributed by atoms with E-state index in [-0.39, 0.29) is 35.2 Å². The Bertz CT molecular complexity index is 1450. The van der Waals surface area contributed by atoms with Gasteiger partial charge < -0.3 is 15.0 Å². The second-order valence-electron chi connectivity index (χ2n) is 8.26. The van der Waals surface area contributed by atoms with Gasteiger partial charge >= 0.3 is 5.69 Å². The van der Waals surface area contributed by atoms with Crippen LogP contribution in [0.4, 0.5) is 5.69 Å². The predicted molar refractivity (Wildman–Crippen MR) is 134 cm³/mol. The molecule has 0 fully saturated rings. The fraction of sp³-hybridized carbons (Fsp3) is 0.320. The molecule has 3 heterocycles. The van der Waals surface area contributed by atoms with E-state index in [1.54, 1.807) is 12.1 Å². The first-order chi connectivity index (χ1) is 16.9. The lowest BCUT2D eigenvalue weighted by Crippen LogP contribution is -2.40. The van der Waals surface area contributed by atoms with Crippen LogP contribution in [0, 0.1) is 6.92 Å². The van der Waals surface area contributed by atoms with Gasteiger partial charge in [0.25, 0.3) is 11.5 Å². The number of nitrogens with zero attached hydrogens (tertiary/aromatic N) is 4. The highest BCUT2D eigenvalue weighted by atomic mass is 16.5. The molecule has 10 heteroatoms. The monoisotopic (exact) mass is 476 g/mol. The number of carbonyl (C=O) groups excluding carboxylic acids is 1. The van der Waals surface area contributed by atoms with Gasteiger partial charge in [-0.15, -0.1) is 0 Å². The van der Waals surface area contributed by atoms with Crippen molar-refractivity contribution in [1.29, 1.82) is 0 Å². The number of anilines is 1. The van der Waals surface area contributed by atoms with Gasteiger partial charge in [0.1, 0.15) is 11.3 Å². The second-order valence-corrected chi connectivity index (χ2v) is 8.26. The van der Waals surface area contributed by atoms with Crippen molar-refractivity contribution in [2.24, 2.45) is 0 Å². The molecule has 0 unspecified atom stereocenters. The standard InChI is InChI=1S/C25H28N6O4/c1-4-12-30-23-21(24(33)31(13-5-2)25(30)34)28-22(29-23)17-8-11-20(26-14-17)35-15-19(32)27-18-9-6-16(3)7-10-18/h6-11,14H,4-5,12-13,15H2,1-3H3,(H,27,32)(H,28,29). The zero-order valence-electron chi connectivity index (χ0n) is 20.0. The van der Waals surface area contributed by atoms with Gasteiger partial charge in [0.15, 0.2) is 12.3 Å². The number of aromatic nitrogens is 5. The lowest BCUT2D eigenvalue weighted by atomic mass is 10.2. The molecular weight excluding hydrogens is 448 g/mol. The maximum atomic E-state index is 12.9. The van der Waals surface area contributed by atoms with Gasteiger partial charge in [0.2, 0.25) is 5.88 Å². The van der Waals surface area contributed by atoms with Crippen molar-refractivity contribution >= 4 is 22.8 Å². The Morgan fingerprint density at radius 2 is 1.74 bits per heavy atom. The summed E-state index contributed by atoms with van der Waals surface area (Å²) in [6.07, 6.45) is 2.94. The van der Waals surface area contributed by atoms with Crippen LogP contribution >= 0.6 is 0 Å². The van der Waals surface area contributed by atoms with E-state index < -0.39 is 0 Å². The summed E-state index contributed by atoms with van der Waals surface area (Å²) in [6.45, 7) is 6.47. The first-order valence-corrected chi connectivity index (χ1v) is 11.6. The van der Waals surface area contributed by atoms with Crippen LogP contribution in [0.2, 0.25) is 0 Å². The Kier molecular flexibility index (Phi) is 7.09. The minimum atomic E-state index is -0.384. The van der Waals surface area contributed by atoms with Crippen molar-refractivity contribution in [3.63, 3.8) is 0 Å². The van der Waals surface area contributed by atoms with E-state index in [9.17, 15) is 14.4 Å². The van der Waals surface area contributed by atoms with Crippen LogP contribution in [0.15, 0.2) is 52.2 Å². The zero-order chi connectivity index (χ0) is 24.9. The highest BCUT2D eigenvalue weighted by Gasteiger charge is 2.17. The van der Waals surface area contributed by atoms with Gasteiger partial charge in [-0.05, 0) is 38.0 Å². The molecule has 0 spiro atoms. The second kappa shape index (κ2) is 10.4. The van der Waals surface area contributed by atoms with E-state index in [0.29, 0.717) is 42.2 Å². The summed E-state index contributed by atoms with van der Waals surface area (Å²) in [6, 6.07) is 10.8. The number of imidazole rings is 1. The van der Waals surface area contributed by atoms with Crippen molar-refractivity contribution in [3.8, 4) is 17.3 Å². The van der Waals surface area contributed by atoms with Gasteiger partial charge in [0.05, 0.1) is 0 Å². The van der Waals surface area contributed by atoms with Gasteiger partial charge in [-0.1, -0.05) is 31.5 Å². The molecule has 0 saturated heterocycles. The molecule has 0 radical (unpaired) electrons. The van der Waals surface area contributed by atoms with E-state index in [1.807, 2.05) is 45.0 Å². The minimum absolute atomic E-state index is 0.189. The quantitative estimate of drug-likeness (QED) is 0.383. The van der Waals surface area contributed by atoms with Crippen molar-refractivity contribution in [3.05, 3.63) is 69.0 Å².